The molecule has 1 aliphatic rings. The van der Waals surface area contributed by atoms with E-state index in [1.807, 2.05) is 0 Å². The van der Waals surface area contributed by atoms with Crippen LogP contribution in [0.1, 0.15) is 17.9 Å². The quantitative estimate of drug-likeness (QED) is 0.862. The van der Waals surface area contributed by atoms with Crippen molar-refractivity contribution in [3.63, 3.8) is 0 Å². The summed E-state index contributed by atoms with van der Waals surface area (Å²) in [5.41, 5.74) is 4.69. The van der Waals surface area contributed by atoms with Crippen LogP contribution in [0.3, 0.4) is 0 Å². The summed E-state index contributed by atoms with van der Waals surface area (Å²) < 4.78 is 68.6. The Morgan fingerprint density at radius 2 is 2.10 bits per heavy atom. The third kappa shape index (κ3) is 3.14. The van der Waals surface area contributed by atoms with E-state index in [0.29, 0.717) is 5.76 Å². The number of hydrogen-bond acceptors (Lipinski definition) is 4. The molecule has 1 aliphatic heterocycles. The van der Waals surface area contributed by atoms with E-state index in [-0.39, 0.29) is 36.7 Å². The van der Waals surface area contributed by atoms with E-state index < -0.39 is 21.8 Å². The van der Waals surface area contributed by atoms with Gasteiger partial charge in [-0.3, -0.25) is 0 Å². The number of nitrogens with two attached hydrogens (primary N) is 1. The first-order valence-electron chi connectivity index (χ1n) is 6.22. The molecule has 0 amide bonds. The number of halogens is 3. The lowest BCUT2D eigenvalue weighted by Gasteiger charge is -2.26. The maximum absolute atomic E-state index is 12.5. The summed E-state index contributed by atoms with van der Waals surface area (Å²) in [6, 6.07) is 1.31. The summed E-state index contributed by atoms with van der Waals surface area (Å²) in [5, 5.41) is 0. The number of rotatable bonds is 3. The van der Waals surface area contributed by atoms with E-state index >= 15 is 0 Å². The van der Waals surface area contributed by atoms with Crippen LogP contribution in [0.5, 0.6) is 0 Å². The molecule has 0 radical (unpaired) electrons. The van der Waals surface area contributed by atoms with Gasteiger partial charge in [0.25, 0.3) is 0 Å². The molecule has 9 heteroatoms. The summed E-state index contributed by atoms with van der Waals surface area (Å²) in [6.45, 7) is 1.01. The molecule has 21 heavy (non-hydrogen) atoms. The van der Waals surface area contributed by atoms with Crippen LogP contribution in [0.4, 0.5) is 13.2 Å². The number of sulfonamides is 1. The molecule has 0 aromatic carbocycles. The van der Waals surface area contributed by atoms with Crippen molar-refractivity contribution in [2.45, 2.75) is 31.0 Å². The van der Waals surface area contributed by atoms with Gasteiger partial charge in [-0.25, -0.2) is 8.42 Å². The molecule has 1 aromatic rings. The van der Waals surface area contributed by atoms with Crippen molar-refractivity contribution in [3.8, 4) is 0 Å². The summed E-state index contributed by atoms with van der Waals surface area (Å²) >= 11 is 0. The molecular formula is C12H15F3N2O3S. The Morgan fingerprint density at radius 1 is 1.43 bits per heavy atom. The Bertz CT molecular complexity index is 662. The van der Waals surface area contributed by atoms with E-state index in [2.05, 4.69) is 0 Å². The number of aryl methyl sites for hydroxylation is 1. The minimum atomic E-state index is -4.41. The van der Waals surface area contributed by atoms with Crippen LogP contribution in [0.25, 0.3) is 0 Å². The lowest BCUT2D eigenvalue weighted by molar-refractivity contribution is -0.0953. The average molecular weight is 324 g/mol. The van der Waals surface area contributed by atoms with Gasteiger partial charge < -0.3 is 10.2 Å². The summed E-state index contributed by atoms with van der Waals surface area (Å²) in [7, 11) is -3.88. The number of furan rings is 1. The molecule has 0 fully saturated rings. The highest BCUT2D eigenvalue weighted by Gasteiger charge is 2.37. The van der Waals surface area contributed by atoms with Gasteiger partial charge in [-0.2, -0.15) is 17.5 Å². The van der Waals surface area contributed by atoms with Gasteiger partial charge in [-0.05, 0) is 13.3 Å². The van der Waals surface area contributed by atoms with Crippen molar-refractivity contribution in [1.29, 1.82) is 0 Å². The molecular weight excluding hydrogens is 309 g/mol. The minimum Gasteiger partial charge on any atom is -0.464 e. The van der Waals surface area contributed by atoms with Crippen LogP contribution in [-0.2, 0) is 16.6 Å². The van der Waals surface area contributed by atoms with Gasteiger partial charge >= 0.3 is 6.18 Å². The first kappa shape index (κ1) is 16.1. The predicted octanol–water partition coefficient (Wildman–Crippen LogP) is 1.93. The number of hydrogen-bond donors (Lipinski definition) is 1. The molecule has 1 aromatic heterocycles. The third-order valence-corrected chi connectivity index (χ3v) is 5.25. The zero-order chi connectivity index (χ0) is 15.8. The van der Waals surface area contributed by atoms with Crippen LogP contribution in [0, 0.1) is 6.92 Å². The molecule has 0 bridgehead atoms. The average Bonchev–Trinajstić information content (AvgIpc) is 2.80. The Hall–Kier alpha value is -1.32. The van der Waals surface area contributed by atoms with Gasteiger partial charge in [-0.1, -0.05) is 6.08 Å². The Morgan fingerprint density at radius 3 is 2.52 bits per heavy atom. The lowest BCUT2D eigenvalue weighted by atomic mass is 10.1. The fourth-order valence-corrected chi connectivity index (χ4v) is 3.71. The SMILES string of the molecule is Cc1oc(CN)cc1S(=O)(=O)N1CC=C(C(F)(F)F)CC1. The van der Waals surface area contributed by atoms with E-state index in [1.165, 1.54) is 13.0 Å². The predicted molar refractivity (Wildman–Crippen MR) is 68.9 cm³/mol. The van der Waals surface area contributed by atoms with Crippen molar-refractivity contribution in [2.75, 3.05) is 13.1 Å². The molecule has 0 saturated carbocycles. The van der Waals surface area contributed by atoms with Gasteiger partial charge in [0.05, 0.1) is 6.54 Å². The molecule has 2 heterocycles. The second-order valence-electron chi connectivity index (χ2n) is 4.68. The molecule has 118 valence electrons. The van der Waals surface area contributed by atoms with Crippen LogP contribution < -0.4 is 5.73 Å². The molecule has 5 nitrogen and oxygen atoms in total. The van der Waals surface area contributed by atoms with Crippen molar-refractivity contribution >= 4 is 10.0 Å². The number of nitrogens with zero attached hydrogens (tertiary/aromatic N) is 1. The van der Waals surface area contributed by atoms with Gasteiger partial charge in [0, 0.05) is 24.7 Å². The largest absolute Gasteiger partial charge is 0.464 e. The number of alkyl halides is 3. The van der Waals surface area contributed by atoms with Gasteiger partial charge in [0.2, 0.25) is 10.0 Å². The summed E-state index contributed by atoms with van der Waals surface area (Å²) in [4.78, 5) is -0.0493. The molecule has 0 atom stereocenters. The zero-order valence-electron chi connectivity index (χ0n) is 11.3. The molecule has 2 rings (SSSR count). The maximum Gasteiger partial charge on any atom is 0.412 e. The fourth-order valence-electron chi connectivity index (χ4n) is 2.15. The minimum absolute atomic E-state index is 0.0493. The van der Waals surface area contributed by atoms with E-state index in [9.17, 15) is 21.6 Å². The summed E-state index contributed by atoms with van der Waals surface area (Å²) in [5.74, 6) is 0.496. The first-order valence-corrected chi connectivity index (χ1v) is 7.66. The Labute approximate surface area is 120 Å². The fraction of sp³-hybridized carbons (Fsp3) is 0.500. The third-order valence-electron chi connectivity index (χ3n) is 3.28. The summed E-state index contributed by atoms with van der Waals surface area (Å²) in [6.07, 6.45) is -3.86. The highest BCUT2D eigenvalue weighted by Crippen LogP contribution is 2.32. The first-order chi connectivity index (χ1) is 9.66. The van der Waals surface area contributed by atoms with Crippen LogP contribution in [0.2, 0.25) is 0 Å². The van der Waals surface area contributed by atoms with Crippen LogP contribution in [0.15, 0.2) is 27.0 Å². The molecule has 0 unspecified atom stereocenters. The lowest BCUT2D eigenvalue weighted by Crippen LogP contribution is -2.36. The van der Waals surface area contributed by atoms with E-state index in [1.54, 1.807) is 0 Å². The van der Waals surface area contributed by atoms with E-state index in [4.69, 9.17) is 10.2 Å². The van der Waals surface area contributed by atoms with E-state index in [0.717, 1.165) is 10.4 Å². The van der Waals surface area contributed by atoms with Gasteiger partial charge in [0.1, 0.15) is 16.4 Å². The zero-order valence-corrected chi connectivity index (χ0v) is 12.1. The second kappa shape index (κ2) is 5.47. The van der Waals surface area contributed by atoms with Crippen molar-refractivity contribution in [3.05, 3.63) is 29.2 Å². The topological polar surface area (TPSA) is 76.5 Å². The normalized spacial score (nSPS) is 17.9. The molecule has 0 aliphatic carbocycles. The highest BCUT2D eigenvalue weighted by molar-refractivity contribution is 7.89. The maximum atomic E-state index is 12.5. The second-order valence-corrected chi connectivity index (χ2v) is 6.58. The molecule has 0 spiro atoms. The van der Waals surface area contributed by atoms with Crippen molar-refractivity contribution in [2.24, 2.45) is 5.73 Å². The van der Waals surface area contributed by atoms with Crippen molar-refractivity contribution < 1.29 is 26.0 Å². The standard InChI is InChI=1S/C12H15F3N2O3S/c1-8-11(6-10(7-16)20-8)21(18,19)17-4-2-9(3-5-17)12(13,14)15/h2,6H,3-5,7,16H2,1H3. The Balaban J connectivity index is 2.26. The van der Waals surface area contributed by atoms with Gasteiger partial charge in [-0.15, -0.1) is 0 Å². The van der Waals surface area contributed by atoms with Crippen molar-refractivity contribution in [1.82, 2.24) is 4.31 Å². The molecule has 2 N–H and O–H groups in total. The monoisotopic (exact) mass is 324 g/mol. The highest BCUT2D eigenvalue weighted by atomic mass is 32.2. The van der Waals surface area contributed by atoms with Gasteiger partial charge in [0.15, 0.2) is 0 Å². The smallest absolute Gasteiger partial charge is 0.412 e. The molecule has 0 saturated heterocycles. The Kier molecular flexibility index (Phi) is 4.18. The van der Waals surface area contributed by atoms with Crippen LogP contribution in [-0.4, -0.2) is 32.0 Å². The van der Waals surface area contributed by atoms with Crippen LogP contribution >= 0.6 is 0 Å².